The topological polar surface area (TPSA) is 24.7 Å². The molecule has 0 fully saturated rings. The van der Waals surface area contributed by atoms with Gasteiger partial charge in [0.1, 0.15) is 0 Å². The van der Waals surface area contributed by atoms with Gasteiger partial charge in [-0.15, -0.1) is 0 Å². The molecule has 0 radical (unpaired) electrons. The summed E-state index contributed by atoms with van der Waals surface area (Å²) in [4.78, 5) is 10.4. The van der Waals surface area contributed by atoms with E-state index in [4.69, 9.17) is 9.98 Å². The Bertz CT molecular complexity index is 927. The van der Waals surface area contributed by atoms with E-state index in [1.807, 2.05) is 0 Å². The molecule has 0 saturated heterocycles. The smallest absolute Gasteiger partial charge is 0.0636 e. The molecule has 2 nitrogen and oxygen atoms in total. The Morgan fingerprint density at radius 2 is 0.941 bits per heavy atom. The van der Waals surface area contributed by atoms with Crippen LogP contribution in [0.5, 0.6) is 0 Å². The molecule has 0 aromatic heterocycles. The molecule has 0 saturated carbocycles. The van der Waals surface area contributed by atoms with Crippen molar-refractivity contribution in [3.8, 4) is 0 Å². The molecule has 190 valence electrons. The number of nitrogens with zero attached hydrogens (tertiary/aromatic N) is 2. The van der Waals surface area contributed by atoms with Gasteiger partial charge in [0, 0.05) is 16.5 Å². The fraction of sp³-hybridized carbons (Fsp3) is 0.548. The minimum absolute atomic E-state index is 0. The zero-order valence-electron chi connectivity index (χ0n) is 22.5. The summed E-state index contributed by atoms with van der Waals surface area (Å²) in [5, 5.41) is 0. The second-order valence-corrected chi connectivity index (χ2v) is 9.00. The van der Waals surface area contributed by atoms with Crippen molar-refractivity contribution in [3.63, 3.8) is 0 Å². The Kier molecular flexibility index (Phi) is 15.0. The molecule has 0 spiro atoms. The average Bonchev–Trinajstić information content (AvgIpc) is 2.85. The Hall–Kier alpha value is -1.73. The Balaban J connectivity index is 0.00000578. The Morgan fingerprint density at radius 1 is 0.529 bits per heavy atom. The van der Waals surface area contributed by atoms with Gasteiger partial charge >= 0.3 is 0 Å². The van der Waals surface area contributed by atoms with E-state index >= 15 is 0 Å². The number of hydrogen-bond donors (Lipinski definition) is 0. The second kappa shape index (κ2) is 16.8. The van der Waals surface area contributed by atoms with Crippen LogP contribution >= 0.6 is 0 Å². The molecule has 3 heteroatoms. The van der Waals surface area contributed by atoms with Crippen LogP contribution in [0.4, 0.5) is 11.4 Å². The van der Waals surface area contributed by atoms with E-state index in [9.17, 15) is 0 Å². The SMILES string of the molecule is CCCCCC(=Nc1ccc(CC)c(CC)c1)C(CCCC)=Nc1ccc(CC)c(CC)c1.[Ni]. The van der Waals surface area contributed by atoms with Crippen LogP contribution in [0.15, 0.2) is 46.4 Å². The number of unbranched alkanes of at least 4 members (excludes halogenated alkanes) is 3. The Labute approximate surface area is 219 Å². The third-order valence-electron chi connectivity index (χ3n) is 6.55. The van der Waals surface area contributed by atoms with Crippen LogP contribution in [0.3, 0.4) is 0 Å². The number of benzene rings is 2. The van der Waals surface area contributed by atoms with Gasteiger partial charge in [-0.1, -0.05) is 72.9 Å². The van der Waals surface area contributed by atoms with E-state index in [1.165, 1.54) is 59.4 Å². The third-order valence-corrected chi connectivity index (χ3v) is 6.55. The van der Waals surface area contributed by atoms with Crippen molar-refractivity contribution in [2.75, 3.05) is 0 Å². The van der Waals surface area contributed by atoms with E-state index in [0.717, 1.165) is 56.3 Å². The van der Waals surface area contributed by atoms with E-state index in [1.54, 1.807) is 0 Å². The summed E-state index contributed by atoms with van der Waals surface area (Å²) in [7, 11) is 0. The summed E-state index contributed by atoms with van der Waals surface area (Å²) in [6.07, 6.45) is 12.2. The molecule has 0 amide bonds. The third kappa shape index (κ3) is 9.14. The first-order valence-corrected chi connectivity index (χ1v) is 13.5. The van der Waals surface area contributed by atoms with E-state index in [2.05, 4.69) is 77.9 Å². The fourth-order valence-corrected chi connectivity index (χ4v) is 4.44. The van der Waals surface area contributed by atoms with Gasteiger partial charge in [-0.2, -0.15) is 0 Å². The molecule has 2 rings (SSSR count). The normalized spacial score (nSPS) is 12.1. The van der Waals surface area contributed by atoms with Crippen LogP contribution in [0.25, 0.3) is 0 Å². The summed E-state index contributed by atoms with van der Waals surface area (Å²) in [5.74, 6) is 0. The van der Waals surface area contributed by atoms with Crippen molar-refractivity contribution in [1.29, 1.82) is 0 Å². The maximum absolute atomic E-state index is 5.23. The van der Waals surface area contributed by atoms with Gasteiger partial charge in [0.2, 0.25) is 0 Å². The first-order valence-electron chi connectivity index (χ1n) is 13.5. The largest absolute Gasteiger partial charge is 0.252 e. The van der Waals surface area contributed by atoms with Crippen LogP contribution in [0.2, 0.25) is 0 Å². The minimum atomic E-state index is 0. The summed E-state index contributed by atoms with van der Waals surface area (Å²) >= 11 is 0. The quantitative estimate of drug-likeness (QED) is 0.139. The predicted octanol–water partition coefficient (Wildman–Crippen LogP) is 9.55. The van der Waals surface area contributed by atoms with Gasteiger partial charge in [-0.3, -0.25) is 9.98 Å². The van der Waals surface area contributed by atoms with Gasteiger partial charge in [-0.05, 0) is 97.9 Å². The zero-order valence-corrected chi connectivity index (χ0v) is 23.4. The molecular formula is C31H46N2Ni. The maximum atomic E-state index is 5.23. The van der Waals surface area contributed by atoms with Crippen molar-refractivity contribution >= 4 is 22.8 Å². The molecule has 0 aliphatic carbocycles. The molecule has 0 aliphatic heterocycles. The van der Waals surface area contributed by atoms with Crippen molar-refractivity contribution in [2.24, 2.45) is 9.98 Å². The minimum Gasteiger partial charge on any atom is -0.252 e. The summed E-state index contributed by atoms with van der Waals surface area (Å²) < 4.78 is 0. The van der Waals surface area contributed by atoms with E-state index in [-0.39, 0.29) is 16.5 Å². The first-order chi connectivity index (χ1) is 16.1. The number of rotatable bonds is 14. The van der Waals surface area contributed by atoms with Crippen LogP contribution in [-0.4, -0.2) is 11.4 Å². The van der Waals surface area contributed by atoms with E-state index < -0.39 is 0 Å². The molecule has 2 aromatic carbocycles. The molecule has 34 heavy (non-hydrogen) atoms. The van der Waals surface area contributed by atoms with Crippen LogP contribution < -0.4 is 0 Å². The average molecular weight is 505 g/mol. The van der Waals surface area contributed by atoms with Gasteiger partial charge < -0.3 is 0 Å². The molecule has 0 heterocycles. The molecule has 0 bridgehead atoms. The molecular weight excluding hydrogens is 459 g/mol. The molecule has 0 N–H and O–H groups in total. The summed E-state index contributed by atoms with van der Waals surface area (Å²) in [6.45, 7) is 13.5. The number of aryl methyl sites for hydroxylation is 4. The maximum Gasteiger partial charge on any atom is 0.0636 e. The van der Waals surface area contributed by atoms with Crippen LogP contribution in [0.1, 0.15) is 109 Å². The van der Waals surface area contributed by atoms with Gasteiger partial charge in [0.25, 0.3) is 0 Å². The second-order valence-electron chi connectivity index (χ2n) is 9.00. The van der Waals surface area contributed by atoms with Crippen molar-refractivity contribution in [3.05, 3.63) is 58.7 Å². The summed E-state index contributed by atoms with van der Waals surface area (Å²) in [5.41, 5.74) is 10.2. The first kappa shape index (κ1) is 30.3. The van der Waals surface area contributed by atoms with Gasteiger partial charge in [-0.25, -0.2) is 0 Å². The van der Waals surface area contributed by atoms with Crippen LogP contribution in [0, 0.1) is 0 Å². The van der Waals surface area contributed by atoms with Gasteiger partial charge in [0.05, 0.1) is 22.8 Å². The van der Waals surface area contributed by atoms with Crippen molar-refractivity contribution in [1.82, 2.24) is 0 Å². The van der Waals surface area contributed by atoms with Crippen molar-refractivity contribution in [2.45, 2.75) is 112 Å². The summed E-state index contributed by atoms with van der Waals surface area (Å²) in [6, 6.07) is 13.5. The number of aliphatic imine (C=N–C) groups is 2. The number of hydrogen-bond acceptors (Lipinski definition) is 2. The molecule has 0 atom stereocenters. The fourth-order valence-electron chi connectivity index (χ4n) is 4.44. The standard InChI is InChI=1S/C31H46N2.Ni/c1-7-13-15-17-31(33-29-21-19-25(10-4)27(12-6)23-29)30(16-14-8-2)32-28-20-18-24(9-3)26(11-5)22-28;/h18-23H,7-17H2,1-6H3;. The Morgan fingerprint density at radius 3 is 1.32 bits per heavy atom. The van der Waals surface area contributed by atoms with E-state index in [0.29, 0.717) is 0 Å². The monoisotopic (exact) mass is 504 g/mol. The molecule has 0 unspecified atom stereocenters. The zero-order chi connectivity index (χ0) is 24.1. The van der Waals surface area contributed by atoms with Crippen molar-refractivity contribution < 1.29 is 16.5 Å². The van der Waals surface area contributed by atoms with Crippen LogP contribution in [-0.2, 0) is 42.2 Å². The molecule has 2 aromatic rings. The predicted molar refractivity (Wildman–Crippen MR) is 148 cm³/mol. The molecule has 0 aliphatic rings. The van der Waals surface area contributed by atoms with Gasteiger partial charge in [0.15, 0.2) is 0 Å².